The lowest BCUT2D eigenvalue weighted by atomic mass is 10.0. The molecule has 0 bridgehead atoms. The summed E-state index contributed by atoms with van der Waals surface area (Å²) < 4.78 is 0. The first-order chi connectivity index (χ1) is 22.6. The Kier molecular flexibility index (Phi) is 37.0. The molecule has 1 aromatic rings. The van der Waals surface area contributed by atoms with Gasteiger partial charge in [0.2, 0.25) is 0 Å². The van der Waals surface area contributed by atoms with Gasteiger partial charge < -0.3 is 14.8 Å². The largest absolute Gasteiger partial charge is 0.550 e. The fraction of sp³-hybridized carbons (Fsp3) is 0.837. The second-order valence-corrected chi connectivity index (χ2v) is 14.6. The summed E-state index contributed by atoms with van der Waals surface area (Å²) in [6.45, 7) is 3.61. The topological polar surface area (TPSA) is 44.6 Å². The highest BCUT2D eigenvalue weighted by atomic mass is 16.4. The summed E-state index contributed by atoms with van der Waals surface area (Å²) in [6.07, 6.45) is 42.8. The van der Waals surface area contributed by atoms with Crippen LogP contribution in [-0.4, -0.2) is 26.6 Å². The van der Waals surface area contributed by atoms with Crippen molar-refractivity contribution in [1.29, 1.82) is 0 Å². The van der Waals surface area contributed by atoms with Gasteiger partial charge in [-0.3, -0.25) is 0 Å². The van der Waals surface area contributed by atoms with Gasteiger partial charge >= 0.3 is 0 Å². The molecule has 0 spiro atoms. The highest BCUT2D eigenvalue weighted by molar-refractivity contribution is 5.64. The molecule has 0 heterocycles. The summed E-state index contributed by atoms with van der Waals surface area (Å²) in [5, 5.41) is 10.2. The number of hydrogen-bond donors (Lipinski definition) is 1. The Morgan fingerprint density at radius 3 is 1.15 bits per heavy atom. The zero-order valence-corrected chi connectivity index (χ0v) is 31.5. The molecule has 1 aromatic carbocycles. The van der Waals surface area contributed by atoms with E-state index in [1.165, 1.54) is 198 Å². The number of carbonyl (C=O) groups excluding carboxylic acids is 1. The molecule has 0 amide bonds. The van der Waals surface area contributed by atoms with Crippen LogP contribution in [0.4, 0.5) is 0 Å². The van der Waals surface area contributed by atoms with Crippen molar-refractivity contribution in [2.24, 2.45) is 0 Å². The SMILES string of the molecule is CCCCCCCCCCCCCCCCCC(=O)[O-].C[NH+](C)CCCCCCCCCCCCCCCCCc1ccccc1. The quantitative estimate of drug-likeness (QED) is 0.0759. The minimum Gasteiger partial charge on any atom is -0.550 e. The molecule has 0 saturated carbocycles. The minimum absolute atomic E-state index is 0.234. The highest BCUT2D eigenvalue weighted by Crippen LogP contribution is 2.15. The Labute approximate surface area is 289 Å². The van der Waals surface area contributed by atoms with Gasteiger partial charge in [0.1, 0.15) is 0 Å². The van der Waals surface area contributed by atoms with Crippen LogP contribution in [0.5, 0.6) is 0 Å². The predicted molar refractivity (Wildman–Crippen MR) is 202 cm³/mol. The molecular weight excluding hydrogens is 562 g/mol. The van der Waals surface area contributed by atoms with Gasteiger partial charge in [-0.1, -0.05) is 204 Å². The van der Waals surface area contributed by atoms with E-state index in [4.69, 9.17) is 0 Å². The molecule has 270 valence electrons. The summed E-state index contributed by atoms with van der Waals surface area (Å²) in [6, 6.07) is 10.9. The van der Waals surface area contributed by atoms with Crippen molar-refractivity contribution in [1.82, 2.24) is 0 Å². The van der Waals surface area contributed by atoms with Gasteiger partial charge in [0.25, 0.3) is 0 Å². The number of hydrogen-bond acceptors (Lipinski definition) is 2. The van der Waals surface area contributed by atoms with Crippen molar-refractivity contribution in [2.45, 2.75) is 212 Å². The maximum atomic E-state index is 10.2. The number of carboxylic acids is 1. The number of carbonyl (C=O) groups is 1. The number of aryl methyl sites for hydroxylation is 1. The Hall–Kier alpha value is -1.35. The lowest BCUT2D eigenvalue weighted by Crippen LogP contribution is -3.05. The zero-order chi connectivity index (χ0) is 33.6. The van der Waals surface area contributed by atoms with Crippen LogP contribution >= 0.6 is 0 Å². The summed E-state index contributed by atoms with van der Waals surface area (Å²) in [5.41, 5.74) is 1.50. The van der Waals surface area contributed by atoms with E-state index >= 15 is 0 Å². The molecule has 1 rings (SSSR count). The first-order valence-corrected chi connectivity index (χ1v) is 20.6. The van der Waals surface area contributed by atoms with E-state index in [1.54, 1.807) is 4.90 Å². The molecule has 46 heavy (non-hydrogen) atoms. The van der Waals surface area contributed by atoms with Crippen LogP contribution in [-0.2, 0) is 11.2 Å². The van der Waals surface area contributed by atoms with Crippen molar-refractivity contribution in [3.05, 3.63) is 35.9 Å². The summed E-state index contributed by atoms with van der Waals surface area (Å²) >= 11 is 0. The lowest BCUT2D eigenvalue weighted by Gasteiger charge is -2.06. The van der Waals surface area contributed by atoms with Crippen LogP contribution in [0.3, 0.4) is 0 Å². The second-order valence-electron chi connectivity index (χ2n) is 14.6. The summed E-state index contributed by atoms with van der Waals surface area (Å²) in [7, 11) is 4.51. The van der Waals surface area contributed by atoms with Crippen LogP contribution < -0.4 is 10.0 Å². The van der Waals surface area contributed by atoms with E-state index < -0.39 is 5.97 Å². The normalized spacial score (nSPS) is 11.1. The number of carboxylic acid groups (broad SMARTS) is 1. The van der Waals surface area contributed by atoms with Crippen LogP contribution in [0.2, 0.25) is 0 Å². The highest BCUT2D eigenvalue weighted by Gasteiger charge is 1.98. The molecule has 0 aliphatic rings. The van der Waals surface area contributed by atoms with Crippen molar-refractivity contribution in [3.63, 3.8) is 0 Å². The number of nitrogens with one attached hydrogen (secondary N) is 1. The number of quaternary nitrogens is 1. The average Bonchev–Trinajstić information content (AvgIpc) is 3.05. The van der Waals surface area contributed by atoms with Gasteiger partial charge in [0, 0.05) is 5.97 Å². The van der Waals surface area contributed by atoms with Gasteiger partial charge in [-0.2, -0.15) is 0 Å². The van der Waals surface area contributed by atoms with E-state index in [2.05, 4.69) is 51.4 Å². The standard InChI is InChI=1S/C25H45N.C18H36O2/c1-26(2)24-20-15-13-11-9-7-5-3-4-6-8-10-12-14-17-21-25-22-18-16-19-23-25;1-2-3-4-5-6-7-8-9-10-11-12-13-14-15-16-17-18(19)20/h16,18-19,22-23H,3-15,17,20-21,24H2,1-2H3;2-17H2,1H3,(H,19,20). The third kappa shape index (κ3) is 38.8. The fourth-order valence-electron chi connectivity index (χ4n) is 6.39. The van der Waals surface area contributed by atoms with Crippen LogP contribution in [0.1, 0.15) is 212 Å². The zero-order valence-electron chi connectivity index (χ0n) is 31.5. The van der Waals surface area contributed by atoms with Crippen LogP contribution in [0.15, 0.2) is 30.3 Å². The van der Waals surface area contributed by atoms with Crippen LogP contribution in [0, 0.1) is 0 Å². The van der Waals surface area contributed by atoms with Gasteiger partial charge in [0.05, 0.1) is 20.6 Å². The van der Waals surface area contributed by atoms with E-state index in [9.17, 15) is 9.90 Å². The van der Waals surface area contributed by atoms with Crippen molar-refractivity contribution < 1.29 is 14.8 Å². The summed E-state index contributed by atoms with van der Waals surface area (Å²) in [5.74, 6) is -0.903. The summed E-state index contributed by atoms with van der Waals surface area (Å²) in [4.78, 5) is 11.8. The van der Waals surface area contributed by atoms with Crippen molar-refractivity contribution in [2.75, 3.05) is 20.6 Å². The average molecular weight is 644 g/mol. The maximum Gasteiger partial charge on any atom is 0.0766 e. The third-order valence-electron chi connectivity index (χ3n) is 9.47. The number of aliphatic carboxylic acids is 1. The van der Waals surface area contributed by atoms with E-state index in [1.807, 2.05) is 0 Å². The number of benzene rings is 1. The Bertz CT molecular complexity index is 704. The molecule has 0 aliphatic carbocycles. The van der Waals surface area contributed by atoms with Crippen molar-refractivity contribution in [3.8, 4) is 0 Å². The van der Waals surface area contributed by atoms with E-state index in [0.717, 1.165) is 12.8 Å². The Balaban J connectivity index is 0.000000914. The molecular formula is C43H81NO2. The Morgan fingerprint density at radius 1 is 0.478 bits per heavy atom. The van der Waals surface area contributed by atoms with Crippen molar-refractivity contribution >= 4 is 5.97 Å². The molecule has 0 aliphatic heterocycles. The first kappa shape index (κ1) is 44.6. The molecule has 0 aromatic heterocycles. The molecule has 0 radical (unpaired) electrons. The maximum absolute atomic E-state index is 10.2. The van der Waals surface area contributed by atoms with Gasteiger partial charge in [-0.15, -0.1) is 0 Å². The molecule has 0 atom stereocenters. The lowest BCUT2D eigenvalue weighted by molar-refractivity contribution is -0.858. The monoisotopic (exact) mass is 644 g/mol. The second kappa shape index (κ2) is 38.1. The predicted octanol–water partition coefficient (Wildman–Crippen LogP) is 11.2. The van der Waals surface area contributed by atoms with Gasteiger partial charge in [0.15, 0.2) is 0 Å². The minimum atomic E-state index is -0.903. The number of unbranched alkanes of at least 4 members (excludes halogenated alkanes) is 28. The van der Waals surface area contributed by atoms with E-state index in [0.29, 0.717) is 0 Å². The third-order valence-corrected chi connectivity index (χ3v) is 9.47. The molecule has 0 fully saturated rings. The molecule has 3 heteroatoms. The fourth-order valence-corrected chi connectivity index (χ4v) is 6.39. The molecule has 3 nitrogen and oxygen atoms in total. The van der Waals surface area contributed by atoms with Crippen LogP contribution in [0.25, 0.3) is 0 Å². The van der Waals surface area contributed by atoms with Gasteiger partial charge in [-0.25, -0.2) is 0 Å². The Morgan fingerprint density at radius 2 is 0.804 bits per heavy atom. The smallest absolute Gasteiger partial charge is 0.0766 e. The first-order valence-electron chi connectivity index (χ1n) is 20.6. The van der Waals surface area contributed by atoms with Gasteiger partial charge in [-0.05, 0) is 44.1 Å². The molecule has 1 N–H and O–H groups in total. The molecule has 0 saturated heterocycles. The molecule has 0 unspecified atom stereocenters. The number of rotatable bonds is 34. The van der Waals surface area contributed by atoms with E-state index in [-0.39, 0.29) is 6.42 Å².